The molecule has 0 bridgehead atoms. The van der Waals surface area contributed by atoms with E-state index in [2.05, 4.69) is 20.7 Å². The number of anilines is 1. The summed E-state index contributed by atoms with van der Waals surface area (Å²) in [7, 11) is 0. The van der Waals surface area contributed by atoms with E-state index in [-0.39, 0.29) is 24.8 Å². The Morgan fingerprint density at radius 1 is 1.17 bits per heavy atom. The van der Waals surface area contributed by atoms with Crippen molar-refractivity contribution in [3.8, 4) is 0 Å². The van der Waals surface area contributed by atoms with Crippen molar-refractivity contribution < 1.29 is 24.2 Å². The number of esters is 1. The van der Waals surface area contributed by atoms with E-state index >= 15 is 0 Å². The third-order valence-electron chi connectivity index (χ3n) is 4.90. The molecule has 1 aliphatic heterocycles. The lowest BCUT2D eigenvalue weighted by atomic mass is 10.0. The topological polar surface area (TPSA) is 117 Å². The minimum Gasteiger partial charge on any atom is -0.434 e. The maximum Gasteiger partial charge on any atom is 0.310 e. The fraction of sp³-hybridized carbons (Fsp3) is 0.409. The minimum atomic E-state index is -1.37. The zero-order chi connectivity index (χ0) is 21.7. The van der Waals surface area contributed by atoms with Crippen LogP contribution in [0.25, 0.3) is 10.8 Å². The highest BCUT2D eigenvalue weighted by Gasteiger charge is 2.36. The second kappa shape index (κ2) is 9.58. The highest BCUT2D eigenvalue weighted by atomic mass is 16.6. The highest BCUT2D eigenvalue weighted by Crippen LogP contribution is 2.22. The summed E-state index contributed by atoms with van der Waals surface area (Å²) in [6.45, 7) is 3.89. The lowest BCUT2D eigenvalue weighted by Crippen LogP contribution is -2.52. The van der Waals surface area contributed by atoms with E-state index in [9.17, 15) is 19.5 Å². The van der Waals surface area contributed by atoms with Gasteiger partial charge in [-0.15, -0.1) is 0 Å². The van der Waals surface area contributed by atoms with Crippen LogP contribution in [-0.4, -0.2) is 47.8 Å². The molecule has 1 heterocycles. The second-order valence-electron chi connectivity index (χ2n) is 7.83. The summed E-state index contributed by atoms with van der Waals surface area (Å²) in [4.78, 5) is 36.4. The number of amides is 2. The van der Waals surface area contributed by atoms with Gasteiger partial charge < -0.3 is 25.8 Å². The molecule has 2 aromatic rings. The average Bonchev–Trinajstić information content (AvgIpc) is 3.02. The molecule has 0 spiro atoms. The van der Waals surface area contributed by atoms with Crippen molar-refractivity contribution in [3.63, 3.8) is 0 Å². The summed E-state index contributed by atoms with van der Waals surface area (Å²) in [6.07, 6.45) is -1.05. The van der Waals surface area contributed by atoms with Gasteiger partial charge >= 0.3 is 5.97 Å². The van der Waals surface area contributed by atoms with E-state index in [4.69, 9.17) is 0 Å². The van der Waals surface area contributed by atoms with Crippen LogP contribution in [0.15, 0.2) is 42.5 Å². The van der Waals surface area contributed by atoms with Crippen LogP contribution in [0.4, 0.5) is 5.69 Å². The molecule has 1 fully saturated rings. The van der Waals surface area contributed by atoms with Crippen molar-refractivity contribution >= 4 is 34.2 Å². The molecule has 0 aliphatic carbocycles. The highest BCUT2D eigenvalue weighted by molar-refractivity contribution is 5.95. The number of aliphatic hydroxyl groups excluding tert-OH is 1. The van der Waals surface area contributed by atoms with E-state index in [1.54, 1.807) is 0 Å². The Bertz CT molecular complexity index is 925. The summed E-state index contributed by atoms with van der Waals surface area (Å²) >= 11 is 0. The average molecular weight is 413 g/mol. The number of carbonyl (C=O) groups is 3. The van der Waals surface area contributed by atoms with E-state index in [1.807, 2.05) is 56.3 Å². The quantitative estimate of drug-likeness (QED) is 0.488. The van der Waals surface area contributed by atoms with Gasteiger partial charge in [-0.3, -0.25) is 14.4 Å². The number of cyclic esters (lactones) is 1. The first-order valence-corrected chi connectivity index (χ1v) is 10.0. The van der Waals surface area contributed by atoms with Gasteiger partial charge in [0.1, 0.15) is 12.1 Å². The fourth-order valence-electron chi connectivity index (χ4n) is 3.45. The molecule has 0 aromatic heterocycles. The number of rotatable bonds is 8. The number of aliphatic hydroxyl groups is 1. The van der Waals surface area contributed by atoms with Gasteiger partial charge in [0.25, 0.3) is 0 Å². The van der Waals surface area contributed by atoms with Crippen LogP contribution >= 0.6 is 0 Å². The molecule has 8 nitrogen and oxygen atoms in total. The molecule has 3 atom stereocenters. The molecule has 3 rings (SSSR count). The number of hydrogen-bond donors (Lipinski definition) is 4. The third kappa shape index (κ3) is 5.48. The second-order valence-corrected chi connectivity index (χ2v) is 7.83. The summed E-state index contributed by atoms with van der Waals surface area (Å²) in [5.41, 5.74) is 0.831. The Morgan fingerprint density at radius 2 is 1.90 bits per heavy atom. The molecule has 2 amide bonds. The number of benzene rings is 2. The van der Waals surface area contributed by atoms with Crippen LogP contribution in [-0.2, 0) is 19.1 Å². The smallest absolute Gasteiger partial charge is 0.310 e. The van der Waals surface area contributed by atoms with Crippen molar-refractivity contribution in [2.75, 3.05) is 11.9 Å². The monoisotopic (exact) mass is 413 g/mol. The molecule has 160 valence electrons. The van der Waals surface area contributed by atoms with Crippen molar-refractivity contribution in [2.24, 2.45) is 5.92 Å². The van der Waals surface area contributed by atoms with Crippen LogP contribution < -0.4 is 16.0 Å². The Balaban J connectivity index is 1.60. The fourth-order valence-corrected chi connectivity index (χ4v) is 3.45. The zero-order valence-electron chi connectivity index (χ0n) is 17.1. The Labute approximate surface area is 175 Å². The predicted molar refractivity (Wildman–Crippen MR) is 112 cm³/mol. The lowest BCUT2D eigenvalue weighted by molar-refractivity contribution is -0.155. The molecule has 1 aliphatic rings. The van der Waals surface area contributed by atoms with Gasteiger partial charge in [-0.05, 0) is 23.8 Å². The molecule has 30 heavy (non-hydrogen) atoms. The number of ether oxygens (including phenoxy) is 1. The predicted octanol–water partition coefficient (Wildman–Crippen LogP) is 1.53. The van der Waals surface area contributed by atoms with Crippen LogP contribution in [0.1, 0.15) is 26.7 Å². The maximum absolute atomic E-state index is 12.6. The summed E-state index contributed by atoms with van der Waals surface area (Å²) < 4.78 is 4.64. The Kier molecular flexibility index (Phi) is 6.89. The van der Waals surface area contributed by atoms with E-state index in [0.29, 0.717) is 6.42 Å². The molecular formula is C22H27N3O5. The van der Waals surface area contributed by atoms with Crippen molar-refractivity contribution in [2.45, 2.75) is 45.1 Å². The molecule has 8 heteroatoms. The van der Waals surface area contributed by atoms with Gasteiger partial charge in [0.15, 0.2) is 0 Å². The minimum absolute atomic E-state index is 0.00351. The SMILES string of the molecule is CC(C)C[C@H](NC(=O)CNc1cccc2ccccc12)C(=O)N[C@H]1CC(=O)OC1O. The van der Waals surface area contributed by atoms with Gasteiger partial charge in [-0.1, -0.05) is 50.2 Å². The molecule has 0 saturated carbocycles. The molecule has 4 N–H and O–H groups in total. The first-order chi connectivity index (χ1) is 14.3. The van der Waals surface area contributed by atoms with Gasteiger partial charge in [0, 0.05) is 11.1 Å². The third-order valence-corrected chi connectivity index (χ3v) is 4.90. The standard InChI is InChI=1S/C22H27N3O5/c1-13(2)10-17(21(28)25-18-11-20(27)30-22(18)29)24-19(26)12-23-16-9-5-7-14-6-3-4-8-15(14)16/h3-9,13,17-18,22-23,29H,10-12H2,1-2H3,(H,24,26)(H,25,28)/t17-,18-,22?/m0/s1. The van der Waals surface area contributed by atoms with Crippen LogP contribution in [0.2, 0.25) is 0 Å². The summed E-state index contributed by atoms with van der Waals surface area (Å²) in [5, 5.41) is 20.2. The van der Waals surface area contributed by atoms with E-state index < -0.39 is 30.3 Å². The number of fused-ring (bicyclic) bond motifs is 1. The first-order valence-electron chi connectivity index (χ1n) is 10.0. The van der Waals surface area contributed by atoms with Crippen molar-refractivity contribution in [1.82, 2.24) is 10.6 Å². The molecular weight excluding hydrogens is 386 g/mol. The van der Waals surface area contributed by atoms with Gasteiger partial charge in [0.2, 0.25) is 18.1 Å². The molecule has 1 unspecified atom stereocenters. The first kappa shape index (κ1) is 21.6. The molecule has 1 saturated heterocycles. The van der Waals surface area contributed by atoms with Gasteiger partial charge in [-0.2, -0.15) is 0 Å². The summed E-state index contributed by atoms with van der Waals surface area (Å²) in [6, 6.07) is 12.1. The zero-order valence-corrected chi connectivity index (χ0v) is 17.1. The lowest BCUT2D eigenvalue weighted by Gasteiger charge is -2.23. The van der Waals surface area contributed by atoms with Crippen LogP contribution in [0.3, 0.4) is 0 Å². The largest absolute Gasteiger partial charge is 0.434 e. The summed E-state index contributed by atoms with van der Waals surface area (Å²) in [5.74, 6) is -1.21. The number of carbonyl (C=O) groups excluding carboxylic acids is 3. The number of hydrogen-bond acceptors (Lipinski definition) is 6. The van der Waals surface area contributed by atoms with E-state index in [1.165, 1.54) is 0 Å². The molecule has 0 radical (unpaired) electrons. The van der Waals surface area contributed by atoms with Gasteiger partial charge in [-0.25, -0.2) is 0 Å². The van der Waals surface area contributed by atoms with Gasteiger partial charge in [0.05, 0.1) is 13.0 Å². The van der Waals surface area contributed by atoms with E-state index in [0.717, 1.165) is 16.5 Å². The van der Waals surface area contributed by atoms with Crippen molar-refractivity contribution in [3.05, 3.63) is 42.5 Å². The molecule has 2 aromatic carbocycles. The van der Waals surface area contributed by atoms with Crippen LogP contribution in [0.5, 0.6) is 0 Å². The Morgan fingerprint density at radius 3 is 2.60 bits per heavy atom. The normalized spacial score (nSPS) is 19.4. The maximum atomic E-state index is 12.6. The number of nitrogens with one attached hydrogen (secondary N) is 3. The Hall–Kier alpha value is -3.13. The van der Waals surface area contributed by atoms with Crippen molar-refractivity contribution in [1.29, 1.82) is 0 Å². The van der Waals surface area contributed by atoms with Crippen LogP contribution in [0, 0.1) is 5.92 Å².